The number of rotatable bonds is 9. The van der Waals surface area contributed by atoms with Crippen molar-refractivity contribution in [3.63, 3.8) is 0 Å². The van der Waals surface area contributed by atoms with Gasteiger partial charge in [-0.05, 0) is 55.5 Å². The van der Waals surface area contributed by atoms with Crippen LogP contribution in [0.3, 0.4) is 0 Å². The molecule has 7 nitrogen and oxygen atoms in total. The number of para-hydroxylation sites is 1. The van der Waals surface area contributed by atoms with Gasteiger partial charge in [-0.3, -0.25) is 9.36 Å². The number of aryl methyl sites for hydroxylation is 1. The van der Waals surface area contributed by atoms with Crippen molar-refractivity contribution in [2.45, 2.75) is 18.6 Å². The van der Waals surface area contributed by atoms with Crippen LogP contribution in [0.15, 0.2) is 78.0 Å². The molecule has 0 atom stereocenters. The van der Waals surface area contributed by atoms with E-state index in [1.807, 2.05) is 53.1 Å². The van der Waals surface area contributed by atoms with Crippen molar-refractivity contribution in [2.24, 2.45) is 0 Å². The number of hydrogen-bond donors (Lipinski definition) is 2. The monoisotopic (exact) mass is 493 g/mol. The van der Waals surface area contributed by atoms with Crippen molar-refractivity contribution >= 4 is 40.6 Å². The molecule has 3 aromatic carbocycles. The fourth-order valence-electron chi connectivity index (χ4n) is 3.23. The fourth-order valence-corrected chi connectivity index (χ4v) is 4.18. The third-order valence-electron chi connectivity index (χ3n) is 5.01. The molecule has 9 heteroatoms. The van der Waals surface area contributed by atoms with Crippen LogP contribution in [0.2, 0.25) is 5.02 Å². The number of methoxy groups -OCH3 is 1. The summed E-state index contributed by atoms with van der Waals surface area (Å²) < 4.78 is 7.22. The third-order valence-corrected chi connectivity index (χ3v) is 6.27. The molecule has 0 aliphatic heterocycles. The molecule has 1 aromatic heterocycles. The Kier molecular flexibility index (Phi) is 7.72. The summed E-state index contributed by atoms with van der Waals surface area (Å²) >= 11 is 7.45. The number of aromatic nitrogens is 3. The van der Waals surface area contributed by atoms with E-state index in [4.69, 9.17) is 16.3 Å². The van der Waals surface area contributed by atoms with E-state index in [0.29, 0.717) is 22.4 Å². The molecule has 0 radical (unpaired) electrons. The normalized spacial score (nSPS) is 10.7. The Labute approximate surface area is 207 Å². The van der Waals surface area contributed by atoms with Gasteiger partial charge in [0.1, 0.15) is 5.75 Å². The predicted molar refractivity (Wildman–Crippen MR) is 137 cm³/mol. The first-order valence-electron chi connectivity index (χ1n) is 10.6. The van der Waals surface area contributed by atoms with E-state index in [9.17, 15) is 4.79 Å². The first-order chi connectivity index (χ1) is 16.5. The lowest BCUT2D eigenvalue weighted by atomic mass is 10.2. The van der Waals surface area contributed by atoms with Crippen molar-refractivity contribution in [2.75, 3.05) is 23.5 Å². The summed E-state index contributed by atoms with van der Waals surface area (Å²) in [6.07, 6.45) is 0. The highest BCUT2D eigenvalue weighted by Crippen LogP contribution is 2.26. The van der Waals surface area contributed by atoms with Gasteiger partial charge in [0, 0.05) is 11.4 Å². The van der Waals surface area contributed by atoms with E-state index in [1.54, 1.807) is 19.2 Å². The van der Waals surface area contributed by atoms with Gasteiger partial charge in [0.25, 0.3) is 0 Å². The zero-order chi connectivity index (χ0) is 23.9. The molecule has 34 heavy (non-hydrogen) atoms. The van der Waals surface area contributed by atoms with Crippen molar-refractivity contribution in [3.8, 4) is 11.4 Å². The number of halogens is 1. The van der Waals surface area contributed by atoms with Gasteiger partial charge in [-0.25, -0.2) is 0 Å². The van der Waals surface area contributed by atoms with Crippen LogP contribution in [0, 0.1) is 6.92 Å². The highest BCUT2D eigenvalue weighted by atomic mass is 35.5. The lowest BCUT2D eigenvalue weighted by Crippen LogP contribution is -2.15. The highest BCUT2D eigenvalue weighted by Gasteiger charge is 2.16. The topological polar surface area (TPSA) is 81.1 Å². The molecular weight excluding hydrogens is 470 g/mol. The van der Waals surface area contributed by atoms with Gasteiger partial charge in [0.2, 0.25) is 5.91 Å². The average molecular weight is 494 g/mol. The quantitative estimate of drug-likeness (QED) is 0.296. The zero-order valence-corrected chi connectivity index (χ0v) is 20.4. The Hall–Kier alpha value is -3.49. The zero-order valence-electron chi connectivity index (χ0n) is 18.8. The number of anilines is 2. The van der Waals surface area contributed by atoms with Crippen LogP contribution in [-0.2, 0) is 11.3 Å². The van der Waals surface area contributed by atoms with E-state index in [0.717, 1.165) is 22.9 Å². The van der Waals surface area contributed by atoms with Crippen LogP contribution >= 0.6 is 23.4 Å². The Morgan fingerprint density at radius 2 is 1.76 bits per heavy atom. The molecular formula is C25H24ClN5O2S. The van der Waals surface area contributed by atoms with Crippen LogP contribution in [0.25, 0.3) is 5.69 Å². The number of nitrogens with zero attached hydrogens (tertiary/aromatic N) is 3. The summed E-state index contributed by atoms with van der Waals surface area (Å²) in [5.74, 6) is 1.45. The van der Waals surface area contributed by atoms with Gasteiger partial charge >= 0.3 is 0 Å². The molecule has 0 spiro atoms. The van der Waals surface area contributed by atoms with Gasteiger partial charge in [0.15, 0.2) is 11.0 Å². The molecule has 0 saturated carbocycles. The second-order valence-electron chi connectivity index (χ2n) is 7.47. The molecule has 0 bridgehead atoms. The number of thioether (sulfide) groups is 1. The molecule has 2 N–H and O–H groups in total. The Balaban J connectivity index is 1.52. The Bertz CT molecular complexity index is 1260. The van der Waals surface area contributed by atoms with Crippen LogP contribution < -0.4 is 15.4 Å². The van der Waals surface area contributed by atoms with E-state index < -0.39 is 0 Å². The number of carbonyl (C=O) groups excluding carboxylic acids is 1. The number of amides is 1. The average Bonchev–Trinajstić information content (AvgIpc) is 3.26. The van der Waals surface area contributed by atoms with E-state index in [2.05, 4.69) is 39.9 Å². The molecule has 0 aliphatic carbocycles. The summed E-state index contributed by atoms with van der Waals surface area (Å²) in [7, 11) is 1.63. The minimum Gasteiger partial charge on any atom is -0.497 e. The Morgan fingerprint density at radius 1 is 1.03 bits per heavy atom. The van der Waals surface area contributed by atoms with Crippen LogP contribution in [0.4, 0.5) is 11.4 Å². The molecule has 1 amide bonds. The summed E-state index contributed by atoms with van der Waals surface area (Å²) in [6.45, 7) is 2.52. The first-order valence-corrected chi connectivity index (χ1v) is 12.0. The molecule has 0 aliphatic rings. The number of benzene rings is 3. The highest BCUT2D eigenvalue weighted by molar-refractivity contribution is 7.99. The second kappa shape index (κ2) is 11.1. The maximum Gasteiger partial charge on any atom is 0.234 e. The standard InChI is InChI=1S/C25H24ClN5O2S/c1-17-7-9-18(10-8-17)27-15-23-29-30-25(31(23)19-11-13-20(33-2)14-12-19)34-16-24(32)28-22-6-4-3-5-21(22)26/h3-14,27H,15-16H2,1-2H3,(H,28,32). The molecule has 174 valence electrons. The minimum absolute atomic E-state index is 0.158. The van der Waals surface area contributed by atoms with Gasteiger partial charge in [0.05, 0.1) is 30.1 Å². The van der Waals surface area contributed by atoms with Crippen molar-refractivity contribution in [1.82, 2.24) is 14.8 Å². The Morgan fingerprint density at radius 3 is 2.47 bits per heavy atom. The molecule has 0 fully saturated rings. The summed E-state index contributed by atoms with van der Waals surface area (Å²) in [6, 6.07) is 22.9. The molecule has 0 unspecified atom stereocenters. The largest absolute Gasteiger partial charge is 0.497 e. The lowest BCUT2D eigenvalue weighted by Gasteiger charge is -2.12. The maximum atomic E-state index is 12.5. The number of ether oxygens (including phenoxy) is 1. The van der Waals surface area contributed by atoms with Gasteiger partial charge in [-0.2, -0.15) is 0 Å². The predicted octanol–water partition coefficient (Wildman–Crippen LogP) is 5.58. The summed E-state index contributed by atoms with van der Waals surface area (Å²) in [5.41, 5.74) is 3.64. The summed E-state index contributed by atoms with van der Waals surface area (Å²) in [4.78, 5) is 12.5. The fraction of sp³-hybridized carbons (Fsp3) is 0.160. The number of carbonyl (C=O) groups is 1. The molecule has 1 heterocycles. The number of hydrogen-bond acceptors (Lipinski definition) is 6. The van der Waals surface area contributed by atoms with Gasteiger partial charge < -0.3 is 15.4 Å². The van der Waals surface area contributed by atoms with Crippen LogP contribution in [0.5, 0.6) is 5.75 Å². The second-order valence-corrected chi connectivity index (χ2v) is 8.82. The minimum atomic E-state index is -0.179. The van der Waals surface area contributed by atoms with Crippen molar-refractivity contribution in [3.05, 3.63) is 89.2 Å². The lowest BCUT2D eigenvalue weighted by molar-refractivity contribution is -0.113. The van der Waals surface area contributed by atoms with Crippen molar-refractivity contribution in [1.29, 1.82) is 0 Å². The number of nitrogens with one attached hydrogen (secondary N) is 2. The molecule has 4 rings (SSSR count). The van der Waals surface area contributed by atoms with Gasteiger partial charge in [-0.15, -0.1) is 10.2 Å². The smallest absolute Gasteiger partial charge is 0.234 e. The van der Waals surface area contributed by atoms with E-state index in [1.165, 1.54) is 17.3 Å². The van der Waals surface area contributed by atoms with Crippen molar-refractivity contribution < 1.29 is 9.53 Å². The van der Waals surface area contributed by atoms with Crippen LogP contribution in [-0.4, -0.2) is 33.5 Å². The molecule has 0 saturated heterocycles. The SMILES string of the molecule is COc1ccc(-n2c(CNc3ccc(C)cc3)nnc2SCC(=O)Nc2ccccc2Cl)cc1. The molecule has 4 aromatic rings. The third kappa shape index (κ3) is 5.89. The van der Waals surface area contributed by atoms with Gasteiger partial charge in [-0.1, -0.05) is 53.2 Å². The van der Waals surface area contributed by atoms with Crippen LogP contribution in [0.1, 0.15) is 11.4 Å². The maximum absolute atomic E-state index is 12.5. The first kappa shape index (κ1) is 23.7. The summed E-state index contributed by atoms with van der Waals surface area (Å²) in [5, 5.41) is 16.1. The van der Waals surface area contributed by atoms with E-state index in [-0.39, 0.29) is 11.7 Å². The van der Waals surface area contributed by atoms with E-state index >= 15 is 0 Å².